The average molecular weight is 232 g/mol. The monoisotopic (exact) mass is 232 g/mol. The summed E-state index contributed by atoms with van der Waals surface area (Å²) in [5.74, 6) is 1.64. The lowest BCUT2D eigenvalue weighted by atomic mass is 9.78. The van der Waals surface area contributed by atoms with Crippen LogP contribution in [0.15, 0.2) is 18.2 Å². The van der Waals surface area contributed by atoms with E-state index in [1.807, 2.05) is 0 Å². The first kappa shape index (κ1) is 12.6. The summed E-state index contributed by atoms with van der Waals surface area (Å²) in [4.78, 5) is 4.54. The summed E-state index contributed by atoms with van der Waals surface area (Å²) in [6, 6.07) is 6.92. The van der Waals surface area contributed by atoms with Crippen LogP contribution in [0.25, 0.3) is 0 Å². The highest BCUT2D eigenvalue weighted by molar-refractivity contribution is 5.09. The van der Waals surface area contributed by atoms with Crippen LogP contribution in [0.3, 0.4) is 0 Å². The Morgan fingerprint density at radius 3 is 2.88 bits per heavy atom. The highest BCUT2D eigenvalue weighted by Gasteiger charge is 2.26. The summed E-state index contributed by atoms with van der Waals surface area (Å²) in [7, 11) is 0. The summed E-state index contributed by atoms with van der Waals surface area (Å²) in [5.41, 5.74) is 2.27. The Morgan fingerprint density at radius 1 is 1.29 bits per heavy atom. The molecule has 0 aromatic carbocycles. The van der Waals surface area contributed by atoms with Gasteiger partial charge in [0.1, 0.15) is 0 Å². The van der Waals surface area contributed by atoms with E-state index in [9.17, 15) is 0 Å². The molecule has 1 heterocycles. The van der Waals surface area contributed by atoms with Gasteiger partial charge < -0.3 is 5.32 Å². The summed E-state index contributed by atoms with van der Waals surface area (Å²) < 4.78 is 0. The molecule has 2 heteroatoms. The second kappa shape index (κ2) is 5.63. The lowest BCUT2D eigenvalue weighted by Crippen LogP contribution is -2.40. The Labute approximate surface area is 105 Å². The third-order valence-corrected chi connectivity index (χ3v) is 4.20. The third-order valence-electron chi connectivity index (χ3n) is 4.20. The van der Waals surface area contributed by atoms with Crippen LogP contribution in [0.5, 0.6) is 0 Å². The molecule has 0 aliphatic heterocycles. The van der Waals surface area contributed by atoms with Gasteiger partial charge >= 0.3 is 0 Å². The fraction of sp³-hybridized carbons (Fsp3) is 0.667. The van der Waals surface area contributed by atoms with Crippen molar-refractivity contribution in [1.82, 2.24) is 10.3 Å². The molecule has 1 aromatic heterocycles. The maximum absolute atomic E-state index is 4.54. The SMILES string of the molecule is Cc1cccc(CNC2CCCC(C)C2C)n1. The maximum Gasteiger partial charge on any atom is 0.0544 e. The first-order valence-electron chi connectivity index (χ1n) is 6.82. The van der Waals surface area contributed by atoms with Crippen LogP contribution in [0, 0.1) is 18.8 Å². The highest BCUT2D eigenvalue weighted by atomic mass is 14.9. The molecule has 3 unspecified atom stereocenters. The number of nitrogens with zero attached hydrogens (tertiary/aromatic N) is 1. The summed E-state index contributed by atoms with van der Waals surface area (Å²) in [6.45, 7) is 7.72. The first-order chi connectivity index (χ1) is 8.16. The van der Waals surface area contributed by atoms with E-state index >= 15 is 0 Å². The van der Waals surface area contributed by atoms with E-state index in [0.29, 0.717) is 6.04 Å². The van der Waals surface area contributed by atoms with Gasteiger partial charge in [-0.2, -0.15) is 0 Å². The second-order valence-corrected chi connectivity index (χ2v) is 5.53. The topological polar surface area (TPSA) is 24.9 Å². The van der Waals surface area contributed by atoms with Crippen molar-refractivity contribution in [2.45, 2.75) is 52.6 Å². The largest absolute Gasteiger partial charge is 0.308 e. The Bertz CT molecular complexity index is 362. The lowest BCUT2D eigenvalue weighted by molar-refractivity contribution is 0.205. The van der Waals surface area contributed by atoms with Gasteiger partial charge in [-0.05, 0) is 37.3 Å². The fourth-order valence-corrected chi connectivity index (χ4v) is 2.80. The van der Waals surface area contributed by atoms with Crippen LogP contribution in [0.2, 0.25) is 0 Å². The molecule has 94 valence electrons. The predicted molar refractivity (Wildman–Crippen MR) is 71.8 cm³/mol. The number of hydrogen-bond donors (Lipinski definition) is 1. The normalized spacial score (nSPS) is 29.2. The van der Waals surface area contributed by atoms with Gasteiger partial charge in [0, 0.05) is 18.3 Å². The van der Waals surface area contributed by atoms with Crippen molar-refractivity contribution in [3.05, 3.63) is 29.6 Å². The van der Waals surface area contributed by atoms with Crippen molar-refractivity contribution in [3.8, 4) is 0 Å². The molecule has 0 saturated heterocycles. The molecule has 1 saturated carbocycles. The highest BCUT2D eigenvalue weighted by Crippen LogP contribution is 2.29. The molecule has 1 aromatic rings. The van der Waals surface area contributed by atoms with E-state index in [0.717, 1.165) is 29.8 Å². The Hall–Kier alpha value is -0.890. The van der Waals surface area contributed by atoms with Crippen LogP contribution in [0.1, 0.15) is 44.5 Å². The minimum Gasteiger partial charge on any atom is -0.308 e. The molecule has 2 nitrogen and oxygen atoms in total. The second-order valence-electron chi connectivity index (χ2n) is 5.53. The number of aromatic nitrogens is 1. The van der Waals surface area contributed by atoms with Gasteiger partial charge in [0.2, 0.25) is 0 Å². The molecule has 1 N–H and O–H groups in total. The molecule has 1 fully saturated rings. The smallest absolute Gasteiger partial charge is 0.0544 e. The van der Waals surface area contributed by atoms with Gasteiger partial charge in [-0.3, -0.25) is 4.98 Å². The van der Waals surface area contributed by atoms with E-state index < -0.39 is 0 Å². The molecule has 1 aliphatic carbocycles. The fourth-order valence-electron chi connectivity index (χ4n) is 2.80. The Morgan fingerprint density at radius 2 is 2.12 bits per heavy atom. The zero-order valence-corrected chi connectivity index (χ0v) is 11.2. The molecule has 3 atom stereocenters. The standard InChI is InChI=1S/C15H24N2/c1-11-6-4-9-15(13(11)3)16-10-14-8-5-7-12(2)17-14/h5,7-8,11,13,15-16H,4,6,9-10H2,1-3H3. The van der Waals surface area contributed by atoms with E-state index in [2.05, 4.69) is 49.3 Å². The molecular weight excluding hydrogens is 208 g/mol. The number of nitrogens with one attached hydrogen (secondary N) is 1. The van der Waals surface area contributed by atoms with Crippen molar-refractivity contribution in [3.63, 3.8) is 0 Å². The predicted octanol–water partition coefficient (Wildman–Crippen LogP) is 3.30. The molecule has 0 radical (unpaired) electrons. The van der Waals surface area contributed by atoms with E-state index in [-0.39, 0.29) is 0 Å². The van der Waals surface area contributed by atoms with Gasteiger partial charge in [0.15, 0.2) is 0 Å². The van der Waals surface area contributed by atoms with Crippen molar-refractivity contribution in [1.29, 1.82) is 0 Å². The average Bonchev–Trinajstić information content (AvgIpc) is 2.31. The molecule has 0 spiro atoms. The van der Waals surface area contributed by atoms with Gasteiger partial charge in [0.05, 0.1) is 5.69 Å². The lowest BCUT2D eigenvalue weighted by Gasteiger charge is -2.34. The molecular formula is C15H24N2. The molecule has 0 bridgehead atoms. The van der Waals surface area contributed by atoms with Crippen LogP contribution in [-0.2, 0) is 6.54 Å². The van der Waals surface area contributed by atoms with Gasteiger partial charge in [-0.25, -0.2) is 0 Å². The molecule has 0 amide bonds. The molecule has 2 rings (SSSR count). The minimum atomic E-state index is 0.668. The van der Waals surface area contributed by atoms with E-state index in [1.165, 1.54) is 19.3 Å². The summed E-state index contributed by atoms with van der Waals surface area (Å²) in [5, 5.41) is 3.68. The Kier molecular flexibility index (Phi) is 4.16. The molecule has 1 aliphatic rings. The van der Waals surface area contributed by atoms with Gasteiger partial charge in [0.25, 0.3) is 0 Å². The van der Waals surface area contributed by atoms with Crippen LogP contribution in [0.4, 0.5) is 0 Å². The number of aryl methyl sites for hydroxylation is 1. The van der Waals surface area contributed by atoms with Crippen molar-refractivity contribution in [2.75, 3.05) is 0 Å². The van der Waals surface area contributed by atoms with Gasteiger partial charge in [-0.15, -0.1) is 0 Å². The molecule has 17 heavy (non-hydrogen) atoms. The summed E-state index contributed by atoms with van der Waals surface area (Å²) >= 11 is 0. The van der Waals surface area contributed by atoms with E-state index in [4.69, 9.17) is 0 Å². The third kappa shape index (κ3) is 3.29. The number of pyridine rings is 1. The summed E-state index contributed by atoms with van der Waals surface area (Å²) in [6.07, 6.45) is 4.07. The maximum atomic E-state index is 4.54. The number of rotatable bonds is 3. The zero-order chi connectivity index (χ0) is 12.3. The van der Waals surface area contributed by atoms with Crippen LogP contribution >= 0.6 is 0 Å². The zero-order valence-electron chi connectivity index (χ0n) is 11.2. The number of hydrogen-bond acceptors (Lipinski definition) is 2. The van der Waals surface area contributed by atoms with Crippen LogP contribution in [-0.4, -0.2) is 11.0 Å². The minimum absolute atomic E-state index is 0.668. The van der Waals surface area contributed by atoms with Crippen molar-refractivity contribution >= 4 is 0 Å². The Balaban J connectivity index is 1.89. The quantitative estimate of drug-likeness (QED) is 0.865. The van der Waals surface area contributed by atoms with Crippen molar-refractivity contribution in [2.24, 2.45) is 11.8 Å². The van der Waals surface area contributed by atoms with Crippen molar-refractivity contribution < 1.29 is 0 Å². The first-order valence-corrected chi connectivity index (χ1v) is 6.82. The van der Waals surface area contributed by atoms with Crippen LogP contribution < -0.4 is 5.32 Å². The van der Waals surface area contributed by atoms with Gasteiger partial charge in [-0.1, -0.05) is 32.8 Å². The van der Waals surface area contributed by atoms with E-state index in [1.54, 1.807) is 0 Å².